The van der Waals surface area contributed by atoms with Crippen LogP contribution in [-0.2, 0) is 4.79 Å². The van der Waals surface area contributed by atoms with Crippen molar-refractivity contribution in [3.05, 3.63) is 107 Å². The lowest BCUT2D eigenvalue weighted by atomic mass is 10.0. The largest absolute Gasteiger partial charge is 0.494 e. The minimum absolute atomic E-state index is 0.251. The summed E-state index contributed by atoms with van der Waals surface area (Å²) in [7, 11) is 0. The minimum atomic E-state index is -0.541. The Morgan fingerprint density at radius 2 is 1.58 bits per heavy atom. The first-order valence-corrected chi connectivity index (χ1v) is 12.1. The fraction of sp³-hybridized carbons (Fsp3) is 0.133. The number of carbonyl (C=O) groups excluding carboxylic acids is 3. The third-order valence-electron chi connectivity index (χ3n) is 5.64. The summed E-state index contributed by atoms with van der Waals surface area (Å²) in [5, 5.41) is 8.30. The Kier molecular flexibility index (Phi) is 8.46. The molecule has 4 aromatic rings. The van der Waals surface area contributed by atoms with Crippen molar-refractivity contribution in [3.8, 4) is 11.5 Å². The van der Waals surface area contributed by atoms with Crippen molar-refractivity contribution in [2.75, 3.05) is 13.2 Å². The van der Waals surface area contributed by atoms with Crippen LogP contribution in [0.1, 0.15) is 38.8 Å². The quantitative estimate of drug-likeness (QED) is 0.148. The van der Waals surface area contributed by atoms with Gasteiger partial charge in [0.05, 0.1) is 24.9 Å². The van der Waals surface area contributed by atoms with Crippen LogP contribution in [0.3, 0.4) is 0 Å². The number of hydrogen-bond acceptors (Lipinski definition) is 6. The number of hydrazone groups is 1. The molecule has 4 rings (SSSR count). The molecule has 0 aliphatic carbocycles. The molecular weight excluding hydrogens is 482 g/mol. The highest BCUT2D eigenvalue weighted by atomic mass is 16.5. The van der Waals surface area contributed by atoms with Gasteiger partial charge in [0.1, 0.15) is 11.5 Å². The number of rotatable bonds is 9. The SMILES string of the molecule is CCOc1ccc(C(=O)Oc2ccc3ccccc3c2/C=N/NC(=O)CNC(=O)c2ccc(C)cc2)cc1. The predicted molar refractivity (Wildman–Crippen MR) is 146 cm³/mol. The zero-order valence-corrected chi connectivity index (χ0v) is 21.1. The number of aryl methyl sites for hydroxylation is 1. The molecule has 0 radical (unpaired) electrons. The molecule has 0 saturated carbocycles. The highest BCUT2D eigenvalue weighted by molar-refractivity contribution is 6.04. The Morgan fingerprint density at radius 3 is 2.32 bits per heavy atom. The van der Waals surface area contributed by atoms with E-state index in [0.29, 0.717) is 29.0 Å². The van der Waals surface area contributed by atoms with Gasteiger partial charge in [0.15, 0.2) is 0 Å². The number of fused-ring (bicyclic) bond motifs is 1. The van der Waals surface area contributed by atoms with E-state index in [1.54, 1.807) is 42.5 Å². The lowest BCUT2D eigenvalue weighted by Crippen LogP contribution is -2.34. The Labute approximate surface area is 220 Å². The van der Waals surface area contributed by atoms with E-state index in [2.05, 4.69) is 15.8 Å². The monoisotopic (exact) mass is 509 g/mol. The zero-order valence-electron chi connectivity index (χ0n) is 21.1. The first kappa shape index (κ1) is 26.1. The highest BCUT2D eigenvalue weighted by Gasteiger charge is 2.14. The first-order valence-electron chi connectivity index (χ1n) is 12.1. The fourth-order valence-electron chi connectivity index (χ4n) is 3.69. The lowest BCUT2D eigenvalue weighted by Gasteiger charge is -2.11. The summed E-state index contributed by atoms with van der Waals surface area (Å²) in [6, 6.07) is 24.8. The second-order valence-electron chi connectivity index (χ2n) is 8.39. The molecule has 0 heterocycles. The summed E-state index contributed by atoms with van der Waals surface area (Å²) in [4.78, 5) is 37.3. The van der Waals surface area contributed by atoms with E-state index in [0.717, 1.165) is 16.3 Å². The van der Waals surface area contributed by atoms with Gasteiger partial charge in [-0.25, -0.2) is 10.2 Å². The molecule has 0 aliphatic heterocycles. The van der Waals surface area contributed by atoms with Crippen LogP contribution in [0.25, 0.3) is 10.8 Å². The zero-order chi connectivity index (χ0) is 26.9. The molecule has 38 heavy (non-hydrogen) atoms. The number of nitrogens with one attached hydrogen (secondary N) is 2. The van der Waals surface area contributed by atoms with Crippen molar-refractivity contribution in [1.82, 2.24) is 10.7 Å². The Hall–Kier alpha value is -4.98. The molecule has 0 spiro atoms. The first-order chi connectivity index (χ1) is 18.4. The van der Waals surface area contributed by atoms with Crippen LogP contribution in [0.2, 0.25) is 0 Å². The summed E-state index contributed by atoms with van der Waals surface area (Å²) in [6.45, 7) is 4.09. The molecular formula is C30H27N3O5. The fourth-order valence-corrected chi connectivity index (χ4v) is 3.69. The molecule has 4 aromatic carbocycles. The smallest absolute Gasteiger partial charge is 0.343 e. The van der Waals surface area contributed by atoms with Gasteiger partial charge in [0.2, 0.25) is 0 Å². The molecule has 0 saturated heterocycles. The number of esters is 1. The Balaban J connectivity index is 1.45. The second-order valence-corrected chi connectivity index (χ2v) is 8.39. The maximum absolute atomic E-state index is 12.8. The van der Waals surface area contributed by atoms with Gasteiger partial charge >= 0.3 is 5.97 Å². The molecule has 0 unspecified atom stereocenters. The van der Waals surface area contributed by atoms with E-state index in [1.165, 1.54) is 6.21 Å². The Morgan fingerprint density at radius 1 is 0.868 bits per heavy atom. The van der Waals surface area contributed by atoms with Crippen LogP contribution in [0, 0.1) is 6.92 Å². The number of hydrogen-bond donors (Lipinski definition) is 2. The summed E-state index contributed by atoms with van der Waals surface area (Å²) >= 11 is 0. The summed E-state index contributed by atoms with van der Waals surface area (Å²) in [5.74, 6) is -0.459. The summed E-state index contributed by atoms with van der Waals surface area (Å²) < 4.78 is 11.1. The van der Waals surface area contributed by atoms with Crippen molar-refractivity contribution in [3.63, 3.8) is 0 Å². The number of amides is 2. The van der Waals surface area contributed by atoms with Gasteiger partial charge in [-0.3, -0.25) is 9.59 Å². The molecule has 8 nitrogen and oxygen atoms in total. The van der Waals surface area contributed by atoms with E-state index in [4.69, 9.17) is 9.47 Å². The molecule has 0 fully saturated rings. The minimum Gasteiger partial charge on any atom is -0.494 e. The molecule has 2 amide bonds. The van der Waals surface area contributed by atoms with Gasteiger partial charge in [0, 0.05) is 11.1 Å². The van der Waals surface area contributed by atoms with Crippen LogP contribution in [-0.4, -0.2) is 37.1 Å². The summed E-state index contributed by atoms with van der Waals surface area (Å²) in [6.07, 6.45) is 1.42. The van der Waals surface area contributed by atoms with Gasteiger partial charge < -0.3 is 14.8 Å². The average molecular weight is 510 g/mol. The second kappa shape index (κ2) is 12.3. The third-order valence-corrected chi connectivity index (χ3v) is 5.64. The maximum atomic E-state index is 12.8. The van der Waals surface area contributed by atoms with Crippen molar-refractivity contribution >= 4 is 34.8 Å². The van der Waals surface area contributed by atoms with Gasteiger partial charge in [-0.05, 0) is 67.1 Å². The number of carbonyl (C=O) groups is 3. The van der Waals surface area contributed by atoms with Crippen molar-refractivity contribution in [2.45, 2.75) is 13.8 Å². The standard InChI is InChI=1S/C30H27N3O5/c1-3-37-24-15-12-23(13-16-24)30(36)38-27-17-14-21-6-4-5-7-25(21)26(27)18-32-33-28(34)19-31-29(35)22-10-8-20(2)9-11-22/h4-18H,3,19H2,1-2H3,(H,31,35)(H,33,34)/b32-18+. The van der Waals surface area contributed by atoms with Crippen LogP contribution < -0.4 is 20.2 Å². The van der Waals surface area contributed by atoms with E-state index in [9.17, 15) is 14.4 Å². The number of ether oxygens (including phenoxy) is 2. The number of nitrogens with zero attached hydrogens (tertiary/aromatic N) is 1. The van der Waals surface area contributed by atoms with Crippen molar-refractivity contribution in [1.29, 1.82) is 0 Å². The van der Waals surface area contributed by atoms with Gasteiger partial charge in [-0.2, -0.15) is 5.10 Å². The molecule has 8 heteroatoms. The third kappa shape index (κ3) is 6.61. The average Bonchev–Trinajstić information content (AvgIpc) is 2.93. The molecule has 0 aromatic heterocycles. The van der Waals surface area contributed by atoms with Crippen LogP contribution in [0.4, 0.5) is 0 Å². The molecule has 192 valence electrons. The van der Waals surface area contributed by atoms with Crippen LogP contribution in [0.15, 0.2) is 90.0 Å². The van der Waals surface area contributed by atoms with E-state index >= 15 is 0 Å². The highest BCUT2D eigenvalue weighted by Crippen LogP contribution is 2.27. The van der Waals surface area contributed by atoms with Gasteiger partial charge in [-0.15, -0.1) is 0 Å². The Bertz CT molecular complexity index is 1480. The van der Waals surface area contributed by atoms with Crippen molar-refractivity contribution in [2.24, 2.45) is 5.10 Å². The van der Waals surface area contributed by atoms with Crippen LogP contribution in [0.5, 0.6) is 11.5 Å². The lowest BCUT2D eigenvalue weighted by molar-refractivity contribution is -0.120. The van der Waals surface area contributed by atoms with Gasteiger partial charge in [-0.1, -0.05) is 48.0 Å². The van der Waals surface area contributed by atoms with Crippen molar-refractivity contribution < 1.29 is 23.9 Å². The normalized spacial score (nSPS) is 10.8. The van der Waals surface area contributed by atoms with E-state index in [-0.39, 0.29) is 18.2 Å². The number of benzene rings is 4. The topological polar surface area (TPSA) is 106 Å². The molecule has 0 atom stereocenters. The van der Waals surface area contributed by atoms with Gasteiger partial charge in [0.25, 0.3) is 11.8 Å². The molecule has 2 N–H and O–H groups in total. The summed E-state index contributed by atoms with van der Waals surface area (Å²) in [5.41, 5.74) is 4.78. The van der Waals surface area contributed by atoms with E-state index < -0.39 is 11.9 Å². The maximum Gasteiger partial charge on any atom is 0.343 e. The molecule has 0 aliphatic rings. The predicted octanol–water partition coefficient (Wildman–Crippen LogP) is 4.65. The van der Waals surface area contributed by atoms with E-state index in [1.807, 2.05) is 56.3 Å². The van der Waals surface area contributed by atoms with Crippen LogP contribution >= 0.6 is 0 Å². The molecule has 0 bridgehead atoms.